The van der Waals surface area contributed by atoms with E-state index in [2.05, 4.69) is 40.3 Å². The third-order valence-corrected chi connectivity index (χ3v) is 6.95. The Hall–Kier alpha value is -1.61. The molecule has 1 aromatic heterocycles. The Morgan fingerprint density at radius 3 is 3.04 bits per heavy atom. The van der Waals surface area contributed by atoms with E-state index < -0.39 is 0 Å². The zero-order valence-corrected chi connectivity index (χ0v) is 13.9. The molecule has 3 atom stereocenters. The molecule has 2 fully saturated rings. The fourth-order valence-corrected chi connectivity index (χ4v) is 5.79. The molecule has 2 aliphatic carbocycles. The summed E-state index contributed by atoms with van der Waals surface area (Å²) in [5.41, 5.74) is 6.26. The van der Waals surface area contributed by atoms with E-state index >= 15 is 0 Å². The number of fused-ring (bicyclic) bond motifs is 1. The lowest BCUT2D eigenvalue weighted by atomic mass is 9.52. The van der Waals surface area contributed by atoms with Crippen LogP contribution in [0.4, 0.5) is 0 Å². The van der Waals surface area contributed by atoms with Crippen molar-refractivity contribution in [3.63, 3.8) is 0 Å². The second kappa shape index (κ2) is 4.94. The number of piperidine rings is 1. The predicted octanol–water partition coefficient (Wildman–Crippen LogP) is 3.76. The van der Waals surface area contributed by atoms with Gasteiger partial charge in [-0.05, 0) is 61.9 Å². The minimum atomic E-state index is 0.447. The molecule has 3 aliphatic rings. The summed E-state index contributed by atoms with van der Waals surface area (Å²) in [5, 5.41) is 7.09. The summed E-state index contributed by atoms with van der Waals surface area (Å²) in [5.74, 6) is 0.863. The first-order valence-corrected chi connectivity index (χ1v) is 9.11. The maximum absolute atomic E-state index is 4.13. The van der Waals surface area contributed by atoms with Gasteiger partial charge in [0.25, 0.3) is 0 Å². The van der Waals surface area contributed by atoms with Gasteiger partial charge in [0, 0.05) is 23.2 Å². The summed E-state index contributed by atoms with van der Waals surface area (Å²) >= 11 is 0. The van der Waals surface area contributed by atoms with E-state index in [0.717, 1.165) is 12.0 Å². The molecule has 5 rings (SSSR count). The van der Waals surface area contributed by atoms with Crippen LogP contribution in [0.5, 0.6) is 0 Å². The van der Waals surface area contributed by atoms with Crippen LogP contribution in [0.2, 0.25) is 0 Å². The Balaban J connectivity index is 1.68. The predicted molar refractivity (Wildman–Crippen MR) is 92.4 cm³/mol. The molecule has 0 radical (unpaired) electrons. The zero-order valence-electron chi connectivity index (χ0n) is 13.9. The molecule has 2 aromatic rings. The average Bonchev–Trinajstić information content (AvgIpc) is 3.12. The quantitative estimate of drug-likeness (QED) is 0.870. The lowest BCUT2D eigenvalue weighted by Crippen LogP contribution is -2.59. The van der Waals surface area contributed by atoms with Crippen molar-refractivity contribution in [3.05, 3.63) is 41.7 Å². The van der Waals surface area contributed by atoms with Gasteiger partial charge in [-0.15, -0.1) is 0 Å². The van der Waals surface area contributed by atoms with Gasteiger partial charge in [-0.2, -0.15) is 5.10 Å². The number of rotatable bonds is 1. The molecule has 0 unspecified atom stereocenters. The van der Waals surface area contributed by atoms with Crippen molar-refractivity contribution < 1.29 is 0 Å². The number of aromatic nitrogens is 2. The molecular weight excluding hydrogens is 282 g/mol. The summed E-state index contributed by atoms with van der Waals surface area (Å²) in [6, 6.07) is 7.95. The van der Waals surface area contributed by atoms with Gasteiger partial charge in [-0.3, -0.25) is 5.10 Å². The summed E-state index contributed by atoms with van der Waals surface area (Å²) in [6.07, 6.45) is 12.2. The van der Waals surface area contributed by atoms with Crippen LogP contribution in [0.1, 0.15) is 43.2 Å². The normalized spacial score (nSPS) is 33.1. The highest BCUT2D eigenvalue weighted by molar-refractivity contribution is 5.64. The largest absolute Gasteiger partial charge is 0.303 e. The summed E-state index contributed by atoms with van der Waals surface area (Å²) in [7, 11) is 2.34. The van der Waals surface area contributed by atoms with E-state index in [1.807, 2.05) is 12.4 Å². The van der Waals surface area contributed by atoms with Crippen molar-refractivity contribution in [2.45, 2.75) is 50.0 Å². The van der Waals surface area contributed by atoms with E-state index in [9.17, 15) is 0 Å². The van der Waals surface area contributed by atoms with Crippen molar-refractivity contribution in [3.8, 4) is 11.1 Å². The van der Waals surface area contributed by atoms with E-state index in [0.29, 0.717) is 5.41 Å². The van der Waals surface area contributed by atoms with Crippen molar-refractivity contribution in [1.82, 2.24) is 15.1 Å². The molecule has 1 N–H and O–H groups in total. The van der Waals surface area contributed by atoms with Gasteiger partial charge in [0.2, 0.25) is 0 Å². The van der Waals surface area contributed by atoms with Gasteiger partial charge in [0.15, 0.2) is 0 Å². The minimum absolute atomic E-state index is 0.447. The maximum atomic E-state index is 4.13. The van der Waals surface area contributed by atoms with Crippen LogP contribution in [0.15, 0.2) is 30.6 Å². The Labute approximate surface area is 138 Å². The minimum Gasteiger partial charge on any atom is -0.303 e. The van der Waals surface area contributed by atoms with E-state index in [1.54, 1.807) is 11.1 Å². The monoisotopic (exact) mass is 307 g/mol. The standard InChI is InChI=1S/C20H25N3/c1-23-9-8-20-7-3-2-4-17(20)19(23)11-15-6-5-14(10-18(15)20)16-12-21-22-13-16/h5-6,10,12-13,17,19H,2-4,7-9,11H2,1H3,(H,21,22)/t17-,19+,20+/m0/s1. The SMILES string of the molecule is CN1CC[C@]23CCCC[C@H]2[C@H]1Cc1ccc(-c2cn[nH]c2)cc13. The summed E-state index contributed by atoms with van der Waals surface area (Å²) in [6.45, 7) is 1.26. The molecule has 2 bridgehead atoms. The number of nitrogens with zero attached hydrogens (tertiary/aromatic N) is 2. The van der Waals surface area contributed by atoms with Gasteiger partial charge in [-0.25, -0.2) is 0 Å². The second-order valence-electron chi connectivity index (χ2n) is 7.87. The van der Waals surface area contributed by atoms with Crippen LogP contribution < -0.4 is 0 Å². The van der Waals surface area contributed by atoms with Crippen LogP contribution in [-0.2, 0) is 11.8 Å². The number of likely N-dealkylation sites (N-methyl/N-ethyl adjacent to an activating group) is 1. The summed E-state index contributed by atoms with van der Waals surface area (Å²) in [4.78, 5) is 2.64. The molecular formula is C20H25N3. The summed E-state index contributed by atoms with van der Waals surface area (Å²) < 4.78 is 0. The molecule has 120 valence electrons. The van der Waals surface area contributed by atoms with E-state index in [4.69, 9.17) is 0 Å². The molecule has 0 spiro atoms. The second-order valence-corrected chi connectivity index (χ2v) is 7.87. The van der Waals surface area contributed by atoms with Gasteiger partial charge < -0.3 is 4.90 Å². The Bertz CT molecular complexity index is 720. The lowest BCUT2D eigenvalue weighted by Gasteiger charge is -2.58. The lowest BCUT2D eigenvalue weighted by molar-refractivity contribution is 0.00290. The van der Waals surface area contributed by atoms with Crippen LogP contribution in [0.3, 0.4) is 0 Å². The molecule has 1 aromatic carbocycles. The first-order valence-electron chi connectivity index (χ1n) is 9.11. The smallest absolute Gasteiger partial charge is 0.0565 e. The number of benzene rings is 1. The Morgan fingerprint density at radius 2 is 2.17 bits per heavy atom. The van der Waals surface area contributed by atoms with Crippen LogP contribution in [0.25, 0.3) is 11.1 Å². The van der Waals surface area contributed by atoms with Crippen LogP contribution in [0, 0.1) is 5.92 Å². The van der Waals surface area contributed by atoms with E-state index in [-0.39, 0.29) is 0 Å². The molecule has 1 saturated heterocycles. The first kappa shape index (κ1) is 13.8. The van der Waals surface area contributed by atoms with E-state index in [1.165, 1.54) is 56.2 Å². The number of likely N-dealkylation sites (tertiary alicyclic amines) is 1. The highest BCUT2D eigenvalue weighted by atomic mass is 15.1. The van der Waals surface area contributed by atoms with Gasteiger partial charge in [0.05, 0.1) is 6.20 Å². The molecule has 1 saturated carbocycles. The number of aromatic amines is 1. The van der Waals surface area contributed by atoms with Crippen molar-refractivity contribution in [2.75, 3.05) is 13.6 Å². The third-order valence-electron chi connectivity index (χ3n) is 6.95. The van der Waals surface area contributed by atoms with Gasteiger partial charge in [-0.1, -0.05) is 31.0 Å². The molecule has 1 aliphatic heterocycles. The number of hydrogen-bond donors (Lipinski definition) is 1. The topological polar surface area (TPSA) is 31.9 Å². The zero-order chi connectivity index (χ0) is 15.4. The van der Waals surface area contributed by atoms with Gasteiger partial charge >= 0.3 is 0 Å². The van der Waals surface area contributed by atoms with Gasteiger partial charge in [0.1, 0.15) is 0 Å². The van der Waals surface area contributed by atoms with Crippen LogP contribution in [-0.4, -0.2) is 34.7 Å². The molecule has 0 amide bonds. The fraction of sp³-hybridized carbons (Fsp3) is 0.550. The highest BCUT2D eigenvalue weighted by Gasteiger charge is 2.52. The van der Waals surface area contributed by atoms with Crippen molar-refractivity contribution in [2.24, 2.45) is 5.92 Å². The Kier molecular flexibility index (Phi) is 2.96. The first-order chi connectivity index (χ1) is 11.3. The third kappa shape index (κ3) is 1.89. The molecule has 3 heteroatoms. The number of nitrogens with one attached hydrogen (secondary N) is 1. The molecule has 23 heavy (non-hydrogen) atoms. The average molecular weight is 307 g/mol. The highest BCUT2D eigenvalue weighted by Crippen LogP contribution is 2.55. The van der Waals surface area contributed by atoms with Crippen LogP contribution >= 0.6 is 0 Å². The fourth-order valence-electron chi connectivity index (χ4n) is 5.79. The van der Waals surface area contributed by atoms with Crippen molar-refractivity contribution in [1.29, 1.82) is 0 Å². The van der Waals surface area contributed by atoms with Crippen molar-refractivity contribution >= 4 is 0 Å². The molecule has 2 heterocycles. The number of H-pyrrole nitrogens is 1. The molecule has 3 nitrogen and oxygen atoms in total. The maximum Gasteiger partial charge on any atom is 0.0565 e. The Morgan fingerprint density at radius 1 is 1.22 bits per heavy atom. The number of hydrogen-bond acceptors (Lipinski definition) is 2.